The van der Waals surface area contributed by atoms with E-state index in [1.54, 1.807) is 0 Å². The average Bonchev–Trinajstić information content (AvgIpc) is 2.77. The van der Waals surface area contributed by atoms with E-state index in [4.69, 9.17) is 0 Å². The van der Waals surface area contributed by atoms with Crippen LogP contribution in [0.5, 0.6) is 0 Å². The Morgan fingerprint density at radius 3 is 2.40 bits per heavy atom. The Morgan fingerprint density at radius 2 is 1.73 bits per heavy atom. The number of hydrogen-bond acceptors (Lipinski definition) is 3. The normalized spacial score (nSPS) is 15.4. The fraction of sp³-hybridized carbons (Fsp3) is 0.440. The van der Waals surface area contributed by atoms with Gasteiger partial charge in [-0.3, -0.25) is 9.59 Å². The lowest BCUT2D eigenvalue weighted by Crippen LogP contribution is -2.24. The van der Waals surface area contributed by atoms with Crippen LogP contribution in [0, 0.1) is 12.8 Å². The lowest BCUT2D eigenvalue weighted by atomic mass is 9.88. The van der Waals surface area contributed by atoms with Gasteiger partial charge in [-0.05, 0) is 68.5 Å². The van der Waals surface area contributed by atoms with E-state index < -0.39 is 0 Å². The average molecular weight is 425 g/mol. The van der Waals surface area contributed by atoms with E-state index >= 15 is 0 Å². The van der Waals surface area contributed by atoms with Crippen molar-refractivity contribution in [3.63, 3.8) is 0 Å². The Labute approximate surface area is 184 Å². The highest BCUT2D eigenvalue weighted by atomic mass is 32.2. The highest BCUT2D eigenvalue weighted by Gasteiger charge is 2.21. The van der Waals surface area contributed by atoms with Crippen molar-refractivity contribution in [3.8, 4) is 0 Å². The topological polar surface area (TPSA) is 58.2 Å². The molecule has 160 valence electrons. The lowest BCUT2D eigenvalue weighted by Gasteiger charge is -2.20. The van der Waals surface area contributed by atoms with E-state index in [1.807, 2.05) is 50.2 Å². The summed E-state index contributed by atoms with van der Waals surface area (Å²) in [5, 5.41) is 5.92. The molecule has 4 nitrogen and oxygen atoms in total. The number of thioether (sulfide) groups is 1. The third-order valence-electron chi connectivity index (χ3n) is 5.77. The van der Waals surface area contributed by atoms with Crippen LogP contribution in [0.3, 0.4) is 0 Å². The zero-order valence-corrected chi connectivity index (χ0v) is 19.0. The van der Waals surface area contributed by atoms with Crippen LogP contribution in [0.1, 0.15) is 57.1 Å². The second-order valence-electron chi connectivity index (χ2n) is 8.06. The Bertz CT molecular complexity index is 873. The van der Waals surface area contributed by atoms with Crippen molar-refractivity contribution in [2.24, 2.45) is 5.92 Å². The molecule has 1 unspecified atom stereocenters. The van der Waals surface area contributed by atoms with Crippen molar-refractivity contribution in [3.05, 3.63) is 53.6 Å². The van der Waals surface area contributed by atoms with Crippen molar-refractivity contribution in [2.75, 3.05) is 10.6 Å². The number of nitrogens with one attached hydrogen (secondary N) is 2. The molecule has 0 radical (unpaired) electrons. The minimum atomic E-state index is -0.225. The third-order valence-corrected chi connectivity index (χ3v) is 6.88. The van der Waals surface area contributed by atoms with Crippen LogP contribution in [-0.2, 0) is 16.0 Å². The van der Waals surface area contributed by atoms with Gasteiger partial charge in [0.05, 0.1) is 5.25 Å². The summed E-state index contributed by atoms with van der Waals surface area (Å²) in [6.45, 7) is 6.03. The molecule has 2 N–H and O–H groups in total. The predicted octanol–water partition coefficient (Wildman–Crippen LogP) is 6.20. The first kappa shape index (κ1) is 22.4. The summed E-state index contributed by atoms with van der Waals surface area (Å²) < 4.78 is 0. The summed E-state index contributed by atoms with van der Waals surface area (Å²) >= 11 is 1.52. The van der Waals surface area contributed by atoms with Crippen LogP contribution in [0.4, 0.5) is 11.4 Å². The molecule has 5 heteroatoms. The molecule has 1 saturated carbocycles. The summed E-state index contributed by atoms with van der Waals surface area (Å²) in [7, 11) is 0. The molecule has 0 aliphatic heterocycles. The Hall–Kier alpha value is -2.27. The summed E-state index contributed by atoms with van der Waals surface area (Å²) in [6.07, 6.45) is 6.41. The minimum absolute atomic E-state index is 0.00122. The van der Waals surface area contributed by atoms with E-state index in [-0.39, 0.29) is 23.0 Å². The first-order valence-electron chi connectivity index (χ1n) is 10.9. The monoisotopic (exact) mass is 424 g/mol. The van der Waals surface area contributed by atoms with Gasteiger partial charge in [-0.1, -0.05) is 44.4 Å². The molecule has 0 bridgehead atoms. The predicted molar refractivity (Wildman–Crippen MR) is 126 cm³/mol. The molecule has 3 rings (SSSR count). The van der Waals surface area contributed by atoms with Crippen molar-refractivity contribution in [2.45, 2.75) is 69.4 Å². The molecule has 0 spiro atoms. The number of aryl methyl sites for hydroxylation is 2. The zero-order valence-electron chi connectivity index (χ0n) is 18.2. The Balaban J connectivity index is 1.55. The maximum absolute atomic E-state index is 12.7. The number of rotatable bonds is 7. The summed E-state index contributed by atoms with van der Waals surface area (Å²) in [4.78, 5) is 26.1. The van der Waals surface area contributed by atoms with Crippen LogP contribution in [0.2, 0.25) is 0 Å². The molecule has 0 saturated heterocycles. The SMILES string of the molecule is CCc1cccc(C)c1NC(=O)C(C)Sc1ccc(NC(=O)C2CCCCC2)cc1. The van der Waals surface area contributed by atoms with Crippen LogP contribution < -0.4 is 10.6 Å². The van der Waals surface area contributed by atoms with Gasteiger partial charge >= 0.3 is 0 Å². The molecule has 0 heterocycles. The molecule has 1 atom stereocenters. The van der Waals surface area contributed by atoms with Crippen LogP contribution in [-0.4, -0.2) is 17.1 Å². The van der Waals surface area contributed by atoms with E-state index in [2.05, 4.69) is 23.6 Å². The van der Waals surface area contributed by atoms with Crippen LogP contribution >= 0.6 is 11.8 Å². The molecule has 0 aromatic heterocycles. The number of benzene rings is 2. The minimum Gasteiger partial charge on any atom is -0.326 e. The lowest BCUT2D eigenvalue weighted by molar-refractivity contribution is -0.120. The largest absolute Gasteiger partial charge is 0.326 e. The van der Waals surface area contributed by atoms with Gasteiger partial charge in [0.15, 0.2) is 0 Å². The van der Waals surface area contributed by atoms with E-state index in [0.717, 1.165) is 59.5 Å². The van der Waals surface area contributed by atoms with Gasteiger partial charge in [-0.15, -0.1) is 11.8 Å². The maximum atomic E-state index is 12.7. The first-order chi connectivity index (χ1) is 14.5. The van der Waals surface area contributed by atoms with Gasteiger partial charge in [0.2, 0.25) is 11.8 Å². The van der Waals surface area contributed by atoms with E-state index in [9.17, 15) is 9.59 Å². The van der Waals surface area contributed by atoms with Crippen molar-refractivity contribution in [1.82, 2.24) is 0 Å². The second-order valence-corrected chi connectivity index (χ2v) is 9.47. The van der Waals surface area contributed by atoms with E-state index in [0.29, 0.717) is 0 Å². The third kappa shape index (κ3) is 5.88. The summed E-state index contributed by atoms with van der Waals surface area (Å²) in [5.41, 5.74) is 3.98. The summed E-state index contributed by atoms with van der Waals surface area (Å²) in [5.74, 6) is 0.275. The molecule has 2 amide bonds. The van der Waals surface area contributed by atoms with Gasteiger partial charge in [0.25, 0.3) is 0 Å². The fourth-order valence-corrected chi connectivity index (χ4v) is 4.78. The van der Waals surface area contributed by atoms with Crippen LogP contribution in [0.25, 0.3) is 0 Å². The zero-order chi connectivity index (χ0) is 21.5. The smallest absolute Gasteiger partial charge is 0.237 e. The molecule has 1 aliphatic rings. The van der Waals surface area contributed by atoms with E-state index in [1.165, 1.54) is 18.2 Å². The van der Waals surface area contributed by atoms with Crippen LogP contribution in [0.15, 0.2) is 47.4 Å². The molecular formula is C25H32N2O2S. The highest BCUT2D eigenvalue weighted by Crippen LogP contribution is 2.28. The van der Waals surface area contributed by atoms with Crippen molar-refractivity contribution in [1.29, 1.82) is 0 Å². The van der Waals surface area contributed by atoms with Gasteiger partial charge < -0.3 is 10.6 Å². The van der Waals surface area contributed by atoms with Gasteiger partial charge in [0.1, 0.15) is 0 Å². The number of hydrogen-bond donors (Lipinski definition) is 2. The number of carbonyl (C=O) groups is 2. The van der Waals surface area contributed by atoms with Gasteiger partial charge in [-0.2, -0.15) is 0 Å². The molecule has 1 aliphatic carbocycles. The molecule has 30 heavy (non-hydrogen) atoms. The first-order valence-corrected chi connectivity index (χ1v) is 11.8. The van der Waals surface area contributed by atoms with Gasteiger partial charge in [0, 0.05) is 22.2 Å². The molecule has 2 aromatic rings. The number of anilines is 2. The van der Waals surface area contributed by atoms with Gasteiger partial charge in [-0.25, -0.2) is 0 Å². The standard InChI is InChI=1S/C25H32N2O2S/c1-4-19-12-8-9-17(2)23(19)27-24(28)18(3)30-22-15-13-21(14-16-22)26-25(29)20-10-6-5-7-11-20/h8-9,12-16,18,20H,4-7,10-11H2,1-3H3,(H,26,29)(H,27,28). The number of para-hydroxylation sites is 1. The molecule has 1 fully saturated rings. The Morgan fingerprint density at radius 1 is 1.03 bits per heavy atom. The molecule has 2 aromatic carbocycles. The molecular weight excluding hydrogens is 392 g/mol. The number of carbonyl (C=O) groups excluding carboxylic acids is 2. The number of amides is 2. The summed E-state index contributed by atoms with van der Waals surface area (Å²) in [6, 6.07) is 13.9. The second kappa shape index (κ2) is 10.7. The Kier molecular flexibility index (Phi) is 7.97. The van der Waals surface area contributed by atoms with Crippen molar-refractivity contribution < 1.29 is 9.59 Å². The highest BCUT2D eigenvalue weighted by molar-refractivity contribution is 8.00. The van der Waals surface area contributed by atoms with Crippen molar-refractivity contribution >= 4 is 35.0 Å². The fourth-order valence-electron chi connectivity index (χ4n) is 3.91. The maximum Gasteiger partial charge on any atom is 0.237 e. The quantitative estimate of drug-likeness (QED) is 0.521.